The number of nitrogens with zero attached hydrogens (tertiary/aromatic N) is 2. The minimum absolute atomic E-state index is 0.00328. The van der Waals surface area contributed by atoms with Crippen molar-refractivity contribution in [3.05, 3.63) is 143 Å². The first-order valence-electron chi connectivity index (χ1n) is 20.3. The summed E-state index contributed by atoms with van der Waals surface area (Å²) in [5.74, 6) is -0.746. The molecule has 286 valence electrons. The third-order valence-electron chi connectivity index (χ3n) is 12.9. The van der Waals surface area contributed by atoms with Gasteiger partial charge in [-0.15, -0.1) is 0 Å². The summed E-state index contributed by atoms with van der Waals surface area (Å²) in [4.78, 5) is 71.6. The van der Waals surface area contributed by atoms with Crippen LogP contribution in [0.1, 0.15) is 87.3 Å². The number of likely N-dealkylation sites (tertiary alicyclic amines) is 2. The second kappa shape index (κ2) is 15.2. The van der Waals surface area contributed by atoms with Crippen LogP contribution in [-0.4, -0.2) is 77.5 Å². The second-order valence-corrected chi connectivity index (χ2v) is 16.7. The lowest BCUT2D eigenvalue weighted by Crippen LogP contribution is -2.43. The maximum Gasteiger partial charge on any atom is 0.253 e. The molecule has 9 nitrogen and oxygen atoms in total. The van der Waals surface area contributed by atoms with Crippen molar-refractivity contribution in [2.24, 2.45) is 23.7 Å². The molecule has 5 fully saturated rings. The van der Waals surface area contributed by atoms with Gasteiger partial charge in [0.15, 0.2) is 0 Å². The summed E-state index contributed by atoms with van der Waals surface area (Å²) in [5, 5.41) is 6.38. The second-order valence-electron chi connectivity index (χ2n) is 16.7. The van der Waals surface area contributed by atoms with Gasteiger partial charge in [0.2, 0.25) is 11.8 Å². The third kappa shape index (κ3) is 7.64. The van der Waals surface area contributed by atoms with Gasteiger partial charge < -0.3 is 20.4 Å². The molecular formula is C47H48N4O5. The predicted octanol–water partition coefficient (Wildman–Crippen LogP) is 5.94. The van der Waals surface area contributed by atoms with Gasteiger partial charge in [-0.05, 0) is 78.5 Å². The van der Waals surface area contributed by atoms with Gasteiger partial charge in [0.1, 0.15) is 5.78 Å². The zero-order chi connectivity index (χ0) is 38.3. The Balaban J connectivity index is 0.818. The van der Waals surface area contributed by atoms with E-state index < -0.39 is 11.8 Å². The highest BCUT2D eigenvalue weighted by molar-refractivity contribution is 5.99. The zero-order valence-corrected chi connectivity index (χ0v) is 31.5. The molecule has 9 rings (SSSR count). The van der Waals surface area contributed by atoms with Gasteiger partial charge in [-0.2, -0.15) is 0 Å². The van der Waals surface area contributed by atoms with Crippen LogP contribution < -0.4 is 10.6 Å². The number of Topliss-reactive ketones (excluding diaryl/α,β-unsaturated/α-hetero) is 1. The Bertz CT molecular complexity index is 2030. The molecule has 3 saturated carbocycles. The van der Waals surface area contributed by atoms with Crippen molar-refractivity contribution in [3.8, 4) is 0 Å². The van der Waals surface area contributed by atoms with Crippen molar-refractivity contribution in [2.45, 2.75) is 61.9 Å². The fraction of sp³-hybridized carbons (Fsp3) is 0.383. The molecule has 4 aromatic rings. The normalized spacial score (nSPS) is 28.7. The summed E-state index contributed by atoms with van der Waals surface area (Å²) >= 11 is 0. The first-order chi connectivity index (χ1) is 27.3. The number of carbonyl (C=O) groups is 5. The first-order valence-corrected chi connectivity index (χ1v) is 20.3. The SMILES string of the molecule is O=C(C[C@H]1C[C@@H]1c1ccccc1)[C@H]1CCN(C(=O)c2ccc(C(=O)N3C[C@@H](C(=O)N[C@@H]4C[C@H]4c4ccccc4)[C@H](C(=O)N[C@@H]4C[C@H]4c4ccccc4)C3)cc2)C1. The topological polar surface area (TPSA) is 116 Å². The molecule has 2 saturated heterocycles. The first kappa shape index (κ1) is 36.1. The van der Waals surface area contributed by atoms with E-state index in [0.29, 0.717) is 48.9 Å². The van der Waals surface area contributed by atoms with Gasteiger partial charge in [0, 0.05) is 73.6 Å². The Morgan fingerprint density at radius 1 is 0.518 bits per heavy atom. The maximum atomic E-state index is 13.9. The van der Waals surface area contributed by atoms with Crippen LogP contribution in [0.25, 0.3) is 0 Å². The molecule has 56 heavy (non-hydrogen) atoms. The van der Waals surface area contributed by atoms with E-state index in [9.17, 15) is 24.0 Å². The summed E-state index contributed by atoms with van der Waals surface area (Å²) in [5.41, 5.74) is 4.52. The molecule has 0 spiro atoms. The molecule has 3 aliphatic carbocycles. The van der Waals surface area contributed by atoms with Crippen molar-refractivity contribution in [1.29, 1.82) is 0 Å². The van der Waals surface area contributed by atoms with Crippen molar-refractivity contribution in [2.75, 3.05) is 26.2 Å². The van der Waals surface area contributed by atoms with Gasteiger partial charge in [-0.25, -0.2) is 0 Å². The third-order valence-corrected chi connectivity index (χ3v) is 12.9. The molecule has 0 radical (unpaired) electrons. The van der Waals surface area contributed by atoms with Gasteiger partial charge in [0.05, 0.1) is 11.8 Å². The number of hydrogen-bond donors (Lipinski definition) is 2. The van der Waals surface area contributed by atoms with E-state index >= 15 is 0 Å². The minimum atomic E-state index is -0.680. The van der Waals surface area contributed by atoms with Crippen molar-refractivity contribution < 1.29 is 24.0 Å². The number of ketones is 1. The lowest BCUT2D eigenvalue weighted by Gasteiger charge is -2.18. The Morgan fingerprint density at radius 2 is 0.964 bits per heavy atom. The Kier molecular flexibility index (Phi) is 9.77. The number of carbonyl (C=O) groups excluding carboxylic acids is 5. The maximum absolute atomic E-state index is 13.9. The molecule has 0 unspecified atom stereocenters. The fourth-order valence-electron chi connectivity index (χ4n) is 9.26. The van der Waals surface area contributed by atoms with Crippen LogP contribution in [0.5, 0.6) is 0 Å². The molecule has 5 aliphatic rings. The highest BCUT2D eigenvalue weighted by Gasteiger charge is 2.49. The Hall–Kier alpha value is -5.57. The van der Waals surface area contributed by atoms with Crippen molar-refractivity contribution in [3.63, 3.8) is 0 Å². The smallest absolute Gasteiger partial charge is 0.253 e. The van der Waals surface area contributed by atoms with E-state index in [1.54, 1.807) is 34.1 Å². The van der Waals surface area contributed by atoms with Crippen LogP contribution in [0.3, 0.4) is 0 Å². The average Bonchev–Trinajstić information content (AvgIpc) is 4.20. The van der Waals surface area contributed by atoms with Crippen LogP contribution in [0.4, 0.5) is 0 Å². The summed E-state index contributed by atoms with van der Waals surface area (Å²) < 4.78 is 0. The molecule has 9 atom stereocenters. The molecular weight excluding hydrogens is 701 g/mol. The molecule has 4 amide bonds. The Labute approximate surface area is 327 Å². The van der Waals surface area contributed by atoms with Crippen LogP contribution >= 0.6 is 0 Å². The lowest BCUT2D eigenvalue weighted by molar-refractivity contribution is -0.133. The standard InChI is InChI=1S/C47H48N4O5/c52-43(23-35-22-36(35)29-10-4-1-5-11-29)34-20-21-50(26-34)46(55)32-16-18-33(19-17-32)47(56)51-27-39(44(53)48-41-24-37(41)30-12-6-2-7-13-30)40(28-51)45(54)49-42-25-38(42)31-14-8-3-9-15-31/h1-19,34-42H,20-28H2,(H,48,53)(H,49,54)/t34-,35+,36+,37-,38-,39+,40+,41+,42+/m0/s1. The van der Waals surface area contributed by atoms with E-state index in [0.717, 1.165) is 19.3 Å². The van der Waals surface area contributed by atoms with E-state index in [1.807, 2.05) is 54.6 Å². The lowest BCUT2D eigenvalue weighted by atomic mass is 9.94. The molecule has 2 aliphatic heterocycles. The molecule has 9 heteroatoms. The summed E-state index contributed by atoms with van der Waals surface area (Å²) in [6.45, 7) is 1.22. The van der Waals surface area contributed by atoms with Crippen LogP contribution in [0.2, 0.25) is 0 Å². The van der Waals surface area contributed by atoms with E-state index in [2.05, 4.69) is 47.0 Å². The molecule has 2 N–H and O–H groups in total. The van der Waals surface area contributed by atoms with Crippen molar-refractivity contribution in [1.82, 2.24) is 20.4 Å². The molecule has 0 bridgehead atoms. The van der Waals surface area contributed by atoms with Gasteiger partial charge in [-0.1, -0.05) is 91.0 Å². The quantitative estimate of drug-likeness (QED) is 0.186. The largest absolute Gasteiger partial charge is 0.352 e. The van der Waals surface area contributed by atoms with E-state index in [1.165, 1.54) is 16.7 Å². The number of hydrogen-bond acceptors (Lipinski definition) is 5. The monoisotopic (exact) mass is 748 g/mol. The van der Waals surface area contributed by atoms with E-state index in [4.69, 9.17) is 0 Å². The number of rotatable bonds is 12. The fourth-order valence-corrected chi connectivity index (χ4v) is 9.26. The van der Waals surface area contributed by atoms with Crippen molar-refractivity contribution >= 4 is 29.4 Å². The molecule has 0 aromatic heterocycles. The van der Waals surface area contributed by atoms with Crippen LogP contribution in [0, 0.1) is 23.7 Å². The number of benzene rings is 4. The summed E-state index contributed by atoms with van der Waals surface area (Å²) in [7, 11) is 0. The van der Waals surface area contributed by atoms with Gasteiger partial charge in [-0.3, -0.25) is 24.0 Å². The number of nitrogens with one attached hydrogen (secondary N) is 2. The highest BCUT2D eigenvalue weighted by Crippen LogP contribution is 2.50. The van der Waals surface area contributed by atoms with Gasteiger partial charge >= 0.3 is 0 Å². The van der Waals surface area contributed by atoms with Gasteiger partial charge in [0.25, 0.3) is 11.8 Å². The minimum Gasteiger partial charge on any atom is -0.352 e. The molecule has 4 aromatic carbocycles. The predicted molar refractivity (Wildman–Crippen MR) is 212 cm³/mol. The number of amides is 4. The highest BCUT2D eigenvalue weighted by atomic mass is 16.2. The van der Waals surface area contributed by atoms with E-state index in [-0.39, 0.29) is 72.3 Å². The zero-order valence-electron chi connectivity index (χ0n) is 31.5. The van der Waals surface area contributed by atoms with Crippen LogP contribution in [0.15, 0.2) is 115 Å². The summed E-state index contributed by atoms with van der Waals surface area (Å²) in [6, 6.07) is 37.2. The Morgan fingerprint density at radius 3 is 1.45 bits per heavy atom. The average molecular weight is 749 g/mol. The summed E-state index contributed by atoms with van der Waals surface area (Å²) in [6.07, 6.45) is 3.97. The molecule has 2 heterocycles. The van der Waals surface area contributed by atoms with Crippen LogP contribution in [-0.2, 0) is 14.4 Å².